The lowest BCUT2D eigenvalue weighted by atomic mass is 10.2. The van der Waals surface area contributed by atoms with E-state index in [0.29, 0.717) is 24.6 Å². The fraction of sp³-hybridized carbons (Fsp3) is 0.263. The van der Waals surface area contributed by atoms with E-state index in [1.165, 1.54) is 21.2 Å². The number of carbonyl (C=O) groups is 1. The first kappa shape index (κ1) is 22.1. The predicted molar refractivity (Wildman–Crippen MR) is 116 cm³/mol. The monoisotopic (exact) mass is 492 g/mol. The van der Waals surface area contributed by atoms with Gasteiger partial charge in [0.25, 0.3) is 0 Å². The Bertz CT molecular complexity index is 1110. The molecule has 0 spiro atoms. The maximum Gasteiger partial charge on any atom is 0.248 e. The normalized spacial score (nSPS) is 11.6. The number of sulfonamides is 1. The number of amides is 1. The van der Waals surface area contributed by atoms with E-state index in [4.69, 9.17) is 0 Å². The highest BCUT2D eigenvalue weighted by molar-refractivity contribution is 9.10. The lowest BCUT2D eigenvalue weighted by Crippen LogP contribution is -2.30. The van der Waals surface area contributed by atoms with Gasteiger partial charge in [-0.1, -0.05) is 29.8 Å². The number of nitrogens with zero attached hydrogens (tertiary/aromatic N) is 5. The summed E-state index contributed by atoms with van der Waals surface area (Å²) in [6.07, 6.45) is 0. The van der Waals surface area contributed by atoms with Crippen molar-refractivity contribution >= 4 is 37.5 Å². The van der Waals surface area contributed by atoms with Crippen LogP contribution >= 0.6 is 15.9 Å². The molecule has 3 aromatic rings. The van der Waals surface area contributed by atoms with Crippen molar-refractivity contribution in [1.82, 2.24) is 24.5 Å². The van der Waals surface area contributed by atoms with E-state index in [1.807, 2.05) is 24.3 Å². The molecule has 1 heterocycles. The predicted octanol–water partition coefficient (Wildman–Crippen LogP) is 2.77. The maximum absolute atomic E-state index is 12.5. The highest BCUT2D eigenvalue weighted by atomic mass is 79.9. The molecule has 11 heteroatoms. The largest absolute Gasteiger partial charge is 0.324 e. The third-order valence-corrected chi connectivity index (χ3v) is 6.91. The number of nitrogens with one attached hydrogen (secondary N) is 1. The van der Waals surface area contributed by atoms with E-state index in [0.717, 1.165) is 10.0 Å². The zero-order valence-corrected chi connectivity index (χ0v) is 18.9. The third kappa shape index (κ3) is 5.10. The summed E-state index contributed by atoms with van der Waals surface area (Å²) >= 11 is 3.37. The standard InChI is InChI=1S/C19H21BrN6O3S/c1-3-25(4-2)30(28,29)17-11-9-16(10-12-17)21-18(27)13-26-23-19(22-24-26)14-5-7-15(20)8-6-14/h5-12H,3-4,13H2,1-2H3,(H,21,27). The van der Waals surface area contributed by atoms with Crippen LogP contribution in [-0.2, 0) is 21.4 Å². The minimum atomic E-state index is -3.54. The Labute approximate surface area is 183 Å². The second kappa shape index (κ2) is 9.45. The molecule has 0 unspecified atom stereocenters. The number of tetrazole rings is 1. The van der Waals surface area contributed by atoms with Crippen LogP contribution in [0.15, 0.2) is 57.9 Å². The van der Waals surface area contributed by atoms with Crippen molar-refractivity contribution in [2.45, 2.75) is 25.3 Å². The Morgan fingerprint density at radius 2 is 1.70 bits per heavy atom. The summed E-state index contributed by atoms with van der Waals surface area (Å²) in [5.74, 6) is 0.0652. The molecule has 158 valence electrons. The molecule has 0 saturated heterocycles. The van der Waals surface area contributed by atoms with Gasteiger partial charge < -0.3 is 5.32 Å². The molecule has 0 aliphatic carbocycles. The van der Waals surface area contributed by atoms with Gasteiger partial charge in [-0.2, -0.15) is 9.10 Å². The minimum absolute atomic E-state index is 0.122. The van der Waals surface area contributed by atoms with Crippen LogP contribution in [-0.4, -0.2) is 51.9 Å². The van der Waals surface area contributed by atoms with Crippen LogP contribution in [0.3, 0.4) is 0 Å². The molecule has 0 atom stereocenters. The van der Waals surface area contributed by atoms with Gasteiger partial charge in [0.1, 0.15) is 6.54 Å². The summed E-state index contributed by atoms with van der Waals surface area (Å²) in [5.41, 5.74) is 1.27. The van der Waals surface area contributed by atoms with Crippen LogP contribution in [0, 0.1) is 0 Å². The summed E-state index contributed by atoms with van der Waals surface area (Å²) in [5, 5.41) is 14.8. The second-order valence-corrected chi connectivity index (χ2v) is 9.17. The third-order valence-electron chi connectivity index (χ3n) is 4.32. The van der Waals surface area contributed by atoms with Gasteiger partial charge in [-0.05, 0) is 53.7 Å². The topological polar surface area (TPSA) is 110 Å². The molecule has 0 bridgehead atoms. The van der Waals surface area contributed by atoms with Gasteiger partial charge >= 0.3 is 0 Å². The highest BCUT2D eigenvalue weighted by Crippen LogP contribution is 2.19. The first-order valence-electron chi connectivity index (χ1n) is 9.27. The SMILES string of the molecule is CCN(CC)S(=O)(=O)c1ccc(NC(=O)Cn2nnc(-c3ccc(Br)cc3)n2)cc1. The number of aromatic nitrogens is 4. The minimum Gasteiger partial charge on any atom is -0.324 e. The molecule has 0 radical (unpaired) electrons. The summed E-state index contributed by atoms with van der Waals surface area (Å²) in [6, 6.07) is 13.5. The fourth-order valence-electron chi connectivity index (χ4n) is 2.78. The number of carbonyl (C=O) groups excluding carboxylic acids is 1. The van der Waals surface area contributed by atoms with Gasteiger partial charge in [0.2, 0.25) is 21.8 Å². The fourth-order valence-corrected chi connectivity index (χ4v) is 4.50. The van der Waals surface area contributed by atoms with Crippen molar-refractivity contribution in [1.29, 1.82) is 0 Å². The zero-order chi connectivity index (χ0) is 21.7. The van der Waals surface area contributed by atoms with Crippen LogP contribution in [0.2, 0.25) is 0 Å². The molecule has 1 aromatic heterocycles. The lowest BCUT2D eigenvalue weighted by Gasteiger charge is -2.18. The van der Waals surface area contributed by atoms with Gasteiger partial charge in [0.05, 0.1) is 4.90 Å². The molecule has 9 nitrogen and oxygen atoms in total. The molecule has 0 aliphatic heterocycles. The smallest absolute Gasteiger partial charge is 0.248 e. The number of hydrogen-bond donors (Lipinski definition) is 1. The summed E-state index contributed by atoms with van der Waals surface area (Å²) < 4.78 is 27.3. The second-order valence-electron chi connectivity index (χ2n) is 6.31. The first-order valence-corrected chi connectivity index (χ1v) is 11.5. The van der Waals surface area contributed by atoms with E-state index >= 15 is 0 Å². The maximum atomic E-state index is 12.5. The van der Waals surface area contributed by atoms with Crippen molar-refractivity contribution in [3.63, 3.8) is 0 Å². The van der Waals surface area contributed by atoms with Gasteiger partial charge in [0, 0.05) is 28.8 Å². The molecule has 1 N–H and O–H groups in total. The quantitative estimate of drug-likeness (QED) is 0.517. The van der Waals surface area contributed by atoms with Crippen molar-refractivity contribution in [3.8, 4) is 11.4 Å². The zero-order valence-electron chi connectivity index (χ0n) is 16.5. The van der Waals surface area contributed by atoms with Crippen molar-refractivity contribution < 1.29 is 13.2 Å². The van der Waals surface area contributed by atoms with Crippen LogP contribution in [0.1, 0.15) is 13.8 Å². The van der Waals surface area contributed by atoms with Gasteiger partial charge in [0.15, 0.2) is 0 Å². The Balaban J connectivity index is 1.63. The molecule has 0 fully saturated rings. The van der Waals surface area contributed by atoms with Crippen molar-refractivity contribution in [2.24, 2.45) is 0 Å². The Morgan fingerprint density at radius 1 is 1.07 bits per heavy atom. The van der Waals surface area contributed by atoms with Crippen molar-refractivity contribution in [3.05, 3.63) is 53.0 Å². The van der Waals surface area contributed by atoms with Crippen LogP contribution in [0.5, 0.6) is 0 Å². The molecule has 1 amide bonds. The van der Waals surface area contributed by atoms with Gasteiger partial charge in [-0.25, -0.2) is 8.42 Å². The summed E-state index contributed by atoms with van der Waals surface area (Å²) in [6.45, 7) is 4.24. The number of anilines is 1. The number of benzene rings is 2. The van der Waals surface area contributed by atoms with Gasteiger partial charge in [-0.15, -0.1) is 10.2 Å². The van der Waals surface area contributed by atoms with E-state index < -0.39 is 10.0 Å². The van der Waals surface area contributed by atoms with Gasteiger partial charge in [-0.3, -0.25) is 4.79 Å². The van der Waals surface area contributed by atoms with E-state index in [2.05, 4.69) is 36.7 Å². The average Bonchev–Trinajstić information content (AvgIpc) is 3.18. The molecule has 0 aliphatic rings. The van der Waals surface area contributed by atoms with E-state index in [9.17, 15) is 13.2 Å². The molecule has 2 aromatic carbocycles. The Kier molecular flexibility index (Phi) is 6.95. The van der Waals surface area contributed by atoms with Crippen molar-refractivity contribution in [2.75, 3.05) is 18.4 Å². The van der Waals surface area contributed by atoms with Crippen LogP contribution in [0.4, 0.5) is 5.69 Å². The summed E-state index contributed by atoms with van der Waals surface area (Å²) in [7, 11) is -3.54. The number of rotatable bonds is 8. The number of hydrogen-bond acceptors (Lipinski definition) is 6. The summed E-state index contributed by atoms with van der Waals surface area (Å²) in [4.78, 5) is 13.7. The molecule has 0 saturated carbocycles. The Morgan fingerprint density at radius 3 is 2.30 bits per heavy atom. The number of halogens is 1. The lowest BCUT2D eigenvalue weighted by molar-refractivity contribution is -0.117. The van der Waals surface area contributed by atoms with E-state index in [-0.39, 0.29) is 17.3 Å². The van der Waals surface area contributed by atoms with Crippen LogP contribution < -0.4 is 5.32 Å². The molecule has 3 rings (SSSR count). The highest BCUT2D eigenvalue weighted by Gasteiger charge is 2.21. The molecular weight excluding hydrogens is 472 g/mol. The Hall–Kier alpha value is -2.63. The average molecular weight is 493 g/mol. The first-order chi connectivity index (χ1) is 14.3. The molecular formula is C19H21BrN6O3S. The molecule has 30 heavy (non-hydrogen) atoms. The van der Waals surface area contributed by atoms with E-state index in [1.54, 1.807) is 26.0 Å². The van der Waals surface area contributed by atoms with Crippen LogP contribution in [0.25, 0.3) is 11.4 Å².